The van der Waals surface area contributed by atoms with Crippen LogP contribution in [0.2, 0.25) is 0 Å². The van der Waals surface area contributed by atoms with Crippen molar-refractivity contribution in [3.8, 4) is 11.5 Å². The van der Waals surface area contributed by atoms with Crippen LogP contribution in [0.1, 0.15) is 33.3 Å². The fraction of sp³-hybridized carbons (Fsp3) is 0.474. The summed E-state index contributed by atoms with van der Waals surface area (Å²) in [6, 6.07) is 5.50. The van der Waals surface area contributed by atoms with Crippen LogP contribution in [0.4, 0.5) is 0 Å². The average Bonchev–Trinajstić information content (AvgIpc) is 2.55. The highest BCUT2D eigenvalue weighted by atomic mass is 16.5. The van der Waals surface area contributed by atoms with Crippen molar-refractivity contribution in [3.63, 3.8) is 0 Å². The number of hydrogen-bond acceptors (Lipinski definition) is 4. The van der Waals surface area contributed by atoms with Gasteiger partial charge in [-0.15, -0.1) is 0 Å². The van der Waals surface area contributed by atoms with Crippen LogP contribution in [-0.2, 0) is 9.59 Å². The average molecular weight is 348 g/mol. The normalized spacial score (nSPS) is 11.0. The summed E-state index contributed by atoms with van der Waals surface area (Å²) in [6.07, 6.45) is 3.04. The Morgan fingerprint density at radius 3 is 2.48 bits per heavy atom. The minimum Gasteiger partial charge on any atom is -0.493 e. The van der Waals surface area contributed by atoms with E-state index in [1.54, 1.807) is 19.3 Å². The van der Waals surface area contributed by atoms with E-state index in [1.807, 2.05) is 26.0 Å². The molecule has 138 valence electrons. The lowest BCUT2D eigenvalue weighted by Gasteiger charge is -2.12. The molecule has 0 saturated carbocycles. The zero-order chi connectivity index (χ0) is 18.8. The highest BCUT2D eigenvalue weighted by Gasteiger charge is 2.07. The van der Waals surface area contributed by atoms with Crippen LogP contribution in [0, 0.1) is 5.92 Å². The van der Waals surface area contributed by atoms with Crippen molar-refractivity contribution in [2.24, 2.45) is 5.92 Å². The predicted molar refractivity (Wildman–Crippen MR) is 98.6 cm³/mol. The molecule has 1 rings (SSSR count). The van der Waals surface area contributed by atoms with Crippen molar-refractivity contribution in [1.82, 2.24) is 10.6 Å². The van der Waals surface area contributed by atoms with Crippen molar-refractivity contribution in [2.75, 3.05) is 20.3 Å². The van der Waals surface area contributed by atoms with E-state index in [4.69, 9.17) is 9.47 Å². The molecule has 0 saturated heterocycles. The van der Waals surface area contributed by atoms with E-state index in [0.29, 0.717) is 24.0 Å². The Kier molecular flexibility index (Phi) is 8.53. The van der Waals surface area contributed by atoms with Gasteiger partial charge in [-0.05, 0) is 43.5 Å². The van der Waals surface area contributed by atoms with Crippen LogP contribution in [0.3, 0.4) is 0 Å². The Hall–Kier alpha value is -2.50. The highest BCUT2D eigenvalue weighted by Crippen LogP contribution is 2.28. The van der Waals surface area contributed by atoms with Crippen LogP contribution < -0.4 is 20.1 Å². The number of benzene rings is 1. The van der Waals surface area contributed by atoms with Crippen LogP contribution in [0.5, 0.6) is 11.5 Å². The molecule has 0 heterocycles. The summed E-state index contributed by atoms with van der Waals surface area (Å²) >= 11 is 0. The first kappa shape index (κ1) is 20.5. The maximum absolute atomic E-state index is 11.8. The topological polar surface area (TPSA) is 76.7 Å². The smallest absolute Gasteiger partial charge is 0.244 e. The summed E-state index contributed by atoms with van der Waals surface area (Å²) in [5.74, 6) is 1.15. The molecule has 0 radical (unpaired) electrons. The molecule has 6 heteroatoms. The molecule has 0 unspecified atom stereocenters. The molecule has 0 aliphatic heterocycles. The SMILES string of the molecule is COc1cc(/C=C/C(=O)NCC(=O)NC(C)C)ccc1OCC(C)C. The molecule has 0 bridgehead atoms. The molecule has 6 nitrogen and oxygen atoms in total. The van der Waals surface area contributed by atoms with Gasteiger partial charge in [-0.1, -0.05) is 19.9 Å². The maximum Gasteiger partial charge on any atom is 0.244 e. The van der Waals surface area contributed by atoms with Crippen molar-refractivity contribution in [2.45, 2.75) is 33.7 Å². The minimum absolute atomic E-state index is 0.0452. The second-order valence-electron chi connectivity index (χ2n) is 6.39. The molecular weight excluding hydrogens is 320 g/mol. The number of ether oxygens (including phenoxy) is 2. The summed E-state index contributed by atoms with van der Waals surface area (Å²) in [5.41, 5.74) is 0.801. The maximum atomic E-state index is 11.8. The fourth-order valence-corrected chi connectivity index (χ4v) is 1.93. The Morgan fingerprint density at radius 2 is 1.88 bits per heavy atom. The zero-order valence-electron chi connectivity index (χ0n) is 15.6. The Balaban J connectivity index is 2.61. The van der Waals surface area contributed by atoms with E-state index in [9.17, 15) is 9.59 Å². The zero-order valence-corrected chi connectivity index (χ0v) is 15.6. The fourth-order valence-electron chi connectivity index (χ4n) is 1.93. The lowest BCUT2D eigenvalue weighted by molar-refractivity contribution is -0.124. The van der Waals surface area contributed by atoms with Crippen LogP contribution in [-0.4, -0.2) is 38.1 Å². The second-order valence-corrected chi connectivity index (χ2v) is 6.39. The van der Waals surface area contributed by atoms with E-state index in [2.05, 4.69) is 24.5 Å². The lowest BCUT2D eigenvalue weighted by atomic mass is 10.2. The van der Waals surface area contributed by atoms with Gasteiger partial charge in [0.25, 0.3) is 0 Å². The monoisotopic (exact) mass is 348 g/mol. The van der Waals surface area contributed by atoms with Crippen molar-refractivity contribution in [1.29, 1.82) is 0 Å². The molecule has 1 aromatic carbocycles. The molecule has 0 aromatic heterocycles. The number of amides is 2. The van der Waals surface area contributed by atoms with Gasteiger partial charge in [0.1, 0.15) is 0 Å². The number of hydrogen-bond donors (Lipinski definition) is 2. The van der Waals surface area contributed by atoms with Crippen molar-refractivity contribution in [3.05, 3.63) is 29.8 Å². The molecule has 0 spiro atoms. The van der Waals surface area contributed by atoms with Gasteiger partial charge in [0.05, 0.1) is 20.3 Å². The van der Waals surface area contributed by atoms with Gasteiger partial charge in [-0.3, -0.25) is 9.59 Å². The van der Waals surface area contributed by atoms with E-state index in [1.165, 1.54) is 6.08 Å². The Morgan fingerprint density at radius 1 is 1.16 bits per heavy atom. The molecule has 25 heavy (non-hydrogen) atoms. The minimum atomic E-state index is -0.335. The third-order valence-corrected chi connectivity index (χ3v) is 3.06. The van der Waals surface area contributed by atoms with Crippen molar-refractivity contribution < 1.29 is 19.1 Å². The summed E-state index contributed by atoms with van der Waals surface area (Å²) in [7, 11) is 1.57. The molecule has 1 aromatic rings. The molecule has 2 N–H and O–H groups in total. The number of nitrogens with one attached hydrogen (secondary N) is 2. The first-order chi connectivity index (χ1) is 11.8. The van der Waals surface area contributed by atoms with Crippen LogP contribution in [0.25, 0.3) is 6.08 Å². The van der Waals surface area contributed by atoms with Crippen LogP contribution in [0.15, 0.2) is 24.3 Å². The Labute approximate surface area is 149 Å². The molecule has 2 amide bonds. The van der Waals surface area contributed by atoms with E-state index < -0.39 is 0 Å². The first-order valence-corrected chi connectivity index (χ1v) is 8.38. The predicted octanol–water partition coefficient (Wildman–Crippen LogP) is 2.38. The first-order valence-electron chi connectivity index (χ1n) is 8.38. The molecule has 0 aliphatic carbocycles. The highest BCUT2D eigenvalue weighted by molar-refractivity contribution is 5.94. The van der Waals surface area contributed by atoms with Gasteiger partial charge in [-0.2, -0.15) is 0 Å². The van der Waals surface area contributed by atoms with Gasteiger partial charge >= 0.3 is 0 Å². The summed E-state index contributed by atoms with van der Waals surface area (Å²) in [5, 5.41) is 5.24. The van der Waals surface area contributed by atoms with E-state index in [0.717, 1.165) is 5.56 Å². The third kappa shape index (κ3) is 8.24. The summed E-state index contributed by atoms with van der Waals surface area (Å²) in [6.45, 7) is 8.43. The van der Waals surface area contributed by atoms with Gasteiger partial charge in [0.15, 0.2) is 11.5 Å². The second kappa shape index (κ2) is 10.4. The number of carbonyl (C=O) groups excluding carboxylic acids is 2. The standard InChI is InChI=1S/C19H28N2O4/c1-13(2)12-25-16-8-6-15(10-17(16)24-5)7-9-18(22)20-11-19(23)21-14(3)4/h6-10,13-14H,11-12H2,1-5H3,(H,20,22)(H,21,23)/b9-7+. The van der Waals surface area contributed by atoms with Crippen molar-refractivity contribution >= 4 is 17.9 Å². The molecule has 0 fully saturated rings. The van der Waals surface area contributed by atoms with Crippen LogP contribution >= 0.6 is 0 Å². The molecule has 0 aliphatic rings. The van der Waals surface area contributed by atoms with E-state index >= 15 is 0 Å². The van der Waals surface area contributed by atoms with Gasteiger partial charge in [0.2, 0.25) is 11.8 Å². The summed E-state index contributed by atoms with van der Waals surface area (Å²) in [4.78, 5) is 23.3. The van der Waals surface area contributed by atoms with E-state index in [-0.39, 0.29) is 24.4 Å². The van der Waals surface area contributed by atoms with Gasteiger partial charge in [0, 0.05) is 12.1 Å². The lowest BCUT2D eigenvalue weighted by Crippen LogP contribution is -2.39. The number of carbonyl (C=O) groups is 2. The Bertz CT molecular complexity index is 609. The largest absolute Gasteiger partial charge is 0.493 e. The number of rotatable bonds is 9. The third-order valence-electron chi connectivity index (χ3n) is 3.06. The summed E-state index contributed by atoms with van der Waals surface area (Å²) < 4.78 is 11.0. The molecular formula is C19H28N2O4. The number of methoxy groups -OCH3 is 1. The van der Waals surface area contributed by atoms with Gasteiger partial charge in [-0.25, -0.2) is 0 Å². The van der Waals surface area contributed by atoms with Gasteiger partial charge < -0.3 is 20.1 Å². The molecule has 0 atom stereocenters. The quantitative estimate of drug-likeness (QED) is 0.672.